The van der Waals surface area contributed by atoms with E-state index in [1.54, 1.807) is 0 Å². The Hall–Kier alpha value is -0.810. The van der Waals surface area contributed by atoms with Gasteiger partial charge in [-0.15, -0.1) is 0 Å². The van der Waals surface area contributed by atoms with Crippen molar-refractivity contribution >= 4 is 6.09 Å². The number of likely N-dealkylation sites (tertiary alicyclic amines) is 1. The molecule has 1 aliphatic rings. The zero-order chi connectivity index (χ0) is 17.1. The van der Waals surface area contributed by atoms with Gasteiger partial charge in [0.1, 0.15) is 5.60 Å². The van der Waals surface area contributed by atoms with E-state index in [2.05, 4.69) is 12.2 Å². The summed E-state index contributed by atoms with van der Waals surface area (Å²) in [4.78, 5) is 13.8. The Balaban J connectivity index is 2.03. The normalized spacial score (nSPS) is 16.6. The van der Waals surface area contributed by atoms with Gasteiger partial charge in [0.15, 0.2) is 0 Å². The van der Waals surface area contributed by atoms with E-state index in [0.717, 1.165) is 65.1 Å². The van der Waals surface area contributed by atoms with Crippen LogP contribution in [-0.2, 0) is 9.47 Å². The van der Waals surface area contributed by atoms with E-state index < -0.39 is 5.60 Å². The molecule has 0 aromatic carbocycles. The summed E-state index contributed by atoms with van der Waals surface area (Å²) < 4.78 is 11.0. The molecule has 1 heterocycles. The average Bonchev–Trinajstić information content (AvgIpc) is 2.49. The van der Waals surface area contributed by atoms with Gasteiger partial charge in [0.2, 0.25) is 0 Å². The van der Waals surface area contributed by atoms with Gasteiger partial charge in [-0.25, -0.2) is 4.79 Å². The fraction of sp³-hybridized carbons (Fsp3) is 0.944. The molecule has 0 aliphatic carbocycles. The predicted octanol–water partition coefficient (Wildman–Crippen LogP) is 3.43. The minimum absolute atomic E-state index is 0.173. The molecular weight excluding hydrogens is 292 g/mol. The summed E-state index contributed by atoms with van der Waals surface area (Å²) in [5.74, 6) is 0.662. The number of hydrogen-bond acceptors (Lipinski definition) is 4. The van der Waals surface area contributed by atoms with Crippen molar-refractivity contribution in [3.63, 3.8) is 0 Å². The average molecular weight is 328 g/mol. The van der Waals surface area contributed by atoms with Crippen LogP contribution in [0.15, 0.2) is 0 Å². The lowest BCUT2D eigenvalue weighted by atomic mass is 9.97. The van der Waals surface area contributed by atoms with Crippen LogP contribution >= 0.6 is 0 Å². The monoisotopic (exact) mass is 328 g/mol. The Morgan fingerprint density at radius 2 is 1.83 bits per heavy atom. The van der Waals surface area contributed by atoms with Gasteiger partial charge >= 0.3 is 6.09 Å². The molecule has 5 heteroatoms. The van der Waals surface area contributed by atoms with E-state index in [1.165, 1.54) is 6.42 Å². The molecule has 0 spiro atoms. The van der Waals surface area contributed by atoms with Crippen LogP contribution < -0.4 is 5.32 Å². The van der Waals surface area contributed by atoms with Gasteiger partial charge in [-0.2, -0.15) is 0 Å². The molecule has 0 unspecified atom stereocenters. The van der Waals surface area contributed by atoms with Crippen LogP contribution in [0, 0.1) is 5.92 Å². The Morgan fingerprint density at radius 1 is 1.17 bits per heavy atom. The smallest absolute Gasteiger partial charge is 0.410 e. The molecule has 0 aromatic rings. The molecular formula is C18H36N2O3. The van der Waals surface area contributed by atoms with Crippen molar-refractivity contribution in [1.29, 1.82) is 0 Å². The molecule has 0 atom stereocenters. The van der Waals surface area contributed by atoms with Crippen LogP contribution in [0.25, 0.3) is 0 Å². The number of unbranched alkanes of at least 4 members (excludes halogenated alkanes) is 1. The number of amides is 1. The molecule has 0 bridgehead atoms. The van der Waals surface area contributed by atoms with Crippen molar-refractivity contribution in [1.82, 2.24) is 10.2 Å². The van der Waals surface area contributed by atoms with Gasteiger partial charge in [-0.1, -0.05) is 13.3 Å². The number of nitrogens with one attached hydrogen (secondary N) is 1. The first-order chi connectivity index (χ1) is 10.9. The summed E-state index contributed by atoms with van der Waals surface area (Å²) in [5.41, 5.74) is -0.408. The van der Waals surface area contributed by atoms with Crippen LogP contribution in [0.1, 0.15) is 59.8 Å². The maximum absolute atomic E-state index is 12.0. The summed E-state index contributed by atoms with van der Waals surface area (Å²) in [7, 11) is 0. The molecule has 1 aliphatic heterocycles. The molecule has 0 radical (unpaired) electrons. The number of ether oxygens (including phenoxy) is 2. The van der Waals surface area contributed by atoms with E-state index in [0.29, 0.717) is 5.92 Å². The lowest BCUT2D eigenvalue weighted by molar-refractivity contribution is 0.0184. The Morgan fingerprint density at radius 3 is 2.43 bits per heavy atom. The standard InChI is InChI=1S/C18H36N2O3/c1-5-6-13-22-14-7-10-19-15-16-8-11-20(12-9-16)17(21)23-18(2,3)4/h16,19H,5-15H2,1-4H3. The van der Waals surface area contributed by atoms with Crippen LogP contribution in [-0.4, -0.2) is 56.0 Å². The lowest BCUT2D eigenvalue weighted by Crippen LogP contribution is -2.43. The number of carbonyl (C=O) groups is 1. The van der Waals surface area contributed by atoms with Crippen molar-refractivity contribution in [3.05, 3.63) is 0 Å². The zero-order valence-electron chi connectivity index (χ0n) is 15.5. The van der Waals surface area contributed by atoms with E-state index in [9.17, 15) is 4.79 Å². The second-order valence-corrected chi connectivity index (χ2v) is 7.43. The Labute approximate surface area is 142 Å². The van der Waals surface area contributed by atoms with E-state index in [-0.39, 0.29) is 6.09 Å². The molecule has 5 nitrogen and oxygen atoms in total. The first-order valence-electron chi connectivity index (χ1n) is 9.18. The van der Waals surface area contributed by atoms with E-state index in [1.807, 2.05) is 25.7 Å². The summed E-state index contributed by atoms with van der Waals surface area (Å²) in [6.07, 6.45) is 5.36. The van der Waals surface area contributed by atoms with Crippen molar-refractivity contribution in [2.24, 2.45) is 5.92 Å². The highest BCUT2D eigenvalue weighted by Gasteiger charge is 2.26. The highest BCUT2D eigenvalue weighted by atomic mass is 16.6. The third kappa shape index (κ3) is 9.82. The molecule has 0 aromatic heterocycles. The first kappa shape index (κ1) is 20.2. The third-order valence-corrected chi connectivity index (χ3v) is 3.98. The maximum Gasteiger partial charge on any atom is 0.410 e. The van der Waals surface area contributed by atoms with Crippen LogP contribution in [0.3, 0.4) is 0 Å². The van der Waals surface area contributed by atoms with E-state index in [4.69, 9.17) is 9.47 Å². The van der Waals surface area contributed by atoms with Crippen molar-refractivity contribution in [2.45, 2.75) is 65.4 Å². The summed E-state index contributed by atoms with van der Waals surface area (Å²) in [6, 6.07) is 0. The third-order valence-electron chi connectivity index (χ3n) is 3.98. The highest BCUT2D eigenvalue weighted by molar-refractivity contribution is 5.68. The largest absolute Gasteiger partial charge is 0.444 e. The van der Waals surface area contributed by atoms with Gasteiger partial charge in [0, 0.05) is 26.3 Å². The van der Waals surface area contributed by atoms with Crippen LogP contribution in [0.2, 0.25) is 0 Å². The van der Waals surface area contributed by atoms with Gasteiger partial charge < -0.3 is 19.7 Å². The van der Waals surface area contributed by atoms with Crippen molar-refractivity contribution < 1.29 is 14.3 Å². The molecule has 1 fully saturated rings. The predicted molar refractivity (Wildman–Crippen MR) is 93.7 cm³/mol. The molecule has 136 valence electrons. The molecule has 1 saturated heterocycles. The Kier molecular flexibility index (Phi) is 9.56. The number of piperidine rings is 1. The SMILES string of the molecule is CCCCOCCCNCC1CCN(C(=O)OC(C)(C)C)CC1. The number of rotatable bonds is 9. The Bertz CT molecular complexity index is 321. The minimum Gasteiger partial charge on any atom is -0.444 e. The van der Waals surface area contributed by atoms with Crippen LogP contribution in [0.4, 0.5) is 4.79 Å². The maximum atomic E-state index is 12.0. The fourth-order valence-electron chi connectivity index (χ4n) is 2.60. The minimum atomic E-state index is -0.408. The summed E-state index contributed by atoms with van der Waals surface area (Å²) in [6.45, 7) is 13.3. The molecule has 0 saturated carbocycles. The summed E-state index contributed by atoms with van der Waals surface area (Å²) in [5, 5.41) is 3.51. The quantitative estimate of drug-likeness (QED) is 0.659. The highest BCUT2D eigenvalue weighted by Crippen LogP contribution is 2.19. The van der Waals surface area contributed by atoms with Crippen LogP contribution in [0.5, 0.6) is 0 Å². The molecule has 23 heavy (non-hydrogen) atoms. The second-order valence-electron chi connectivity index (χ2n) is 7.43. The van der Waals surface area contributed by atoms with Gasteiger partial charge in [-0.3, -0.25) is 0 Å². The summed E-state index contributed by atoms with van der Waals surface area (Å²) >= 11 is 0. The topological polar surface area (TPSA) is 50.8 Å². The zero-order valence-corrected chi connectivity index (χ0v) is 15.5. The fourth-order valence-corrected chi connectivity index (χ4v) is 2.60. The van der Waals surface area contributed by atoms with Gasteiger partial charge in [0.05, 0.1) is 0 Å². The van der Waals surface area contributed by atoms with Gasteiger partial charge in [-0.05, 0) is 65.5 Å². The molecule has 1 rings (SSSR count). The first-order valence-corrected chi connectivity index (χ1v) is 9.18. The van der Waals surface area contributed by atoms with Gasteiger partial charge in [0.25, 0.3) is 0 Å². The molecule has 1 N–H and O–H groups in total. The number of carbonyl (C=O) groups excluding carboxylic acids is 1. The number of hydrogen-bond donors (Lipinski definition) is 1. The van der Waals surface area contributed by atoms with Crippen molar-refractivity contribution in [3.8, 4) is 0 Å². The molecule has 1 amide bonds. The van der Waals surface area contributed by atoms with E-state index >= 15 is 0 Å². The second kappa shape index (κ2) is 10.9. The van der Waals surface area contributed by atoms with Crippen molar-refractivity contribution in [2.75, 3.05) is 39.4 Å². The number of nitrogens with zero attached hydrogens (tertiary/aromatic N) is 1. The lowest BCUT2D eigenvalue weighted by Gasteiger charge is -2.33.